The summed E-state index contributed by atoms with van der Waals surface area (Å²) in [7, 11) is 0. The van der Waals surface area contributed by atoms with E-state index < -0.39 is 5.97 Å². The van der Waals surface area contributed by atoms with Crippen LogP contribution in [0.4, 0.5) is 0 Å². The van der Waals surface area contributed by atoms with Gasteiger partial charge in [0.1, 0.15) is 0 Å². The van der Waals surface area contributed by atoms with Crippen LogP contribution >= 0.6 is 11.8 Å². The van der Waals surface area contributed by atoms with Gasteiger partial charge in [-0.15, -0.1) is 0 Å². The molecule has 0 aromatic carbocycles. The number of amides is 1. The molecule has 0 fully saturated rings. The molecule has 0 saturated heterocycles. The maximum Gasteiger partial charge on any atom is 0.304 e. The normalized spacial score (nSPS) is 10.1. The van der Waals surface area contributed by atoms with Gasteiger partial charge in [-0.2, -0.15) is 11.8 Å². The van der Waals surface area contributed by atoms with E-state index in [0.29, 0.717) is 18.7 Å². The van der Waals surface area contributed by atoms with Crippen molar-refractivity contribution < 1.29 is 14.7 Å². The predicted octanol–water partition coefficient (Wildman–Crippen LogP) is 1.89. The largest absolute Gasteiger partial charge is 0.481 e. The van der Waals surface area contributed by atoms with E-state index in [1.165, 1.54) is 0 Å². The zero-order chi connectivity index (χ0) is 12.2. The minimum atomic E-state index is -0.767. The van der Waals surface area contributed by atoms with Gasteiger partial charge in [0, 0.05) is 24.5 Å². The van der Waals surface area contributed by atoms with Crippen LogP contribution in [0.3, 0.4) is 0 Å². The molecule has 0 rings (SSSR count). The van der Waals surface area contributed by atoms with Gasteiger partial charge in [-0.3, -0.25) is 9.59 Å². The van der Waals surface area contributed by atoms with Gasteiger partial charge in [-0.1, -0.05) is 19.8 Å². The molecule has 0 aromatic heterocycles. The highest BCUT2D eigenvalue weighted by Gasteiger charge is 2.00. The summed E-state index contributed by atoms with van der Waals surface area (Å²) in [5.74, 6) is 0.733. The number of hydrogen-bond acceptors (Lipinski definition) is 3. The molecule has 0 aliphatic carbocycles. The number of unbranched alkanes of at least 4 members (excludes halogenated alkanes) is 2. The van der Waals surface area contributed by atoms with E-state index in [1.54, 1.807) is 11.8 Å². The summed E-state index contributed by atoms with van der Waals surface area (Å²) in [5, 5.41) is 11.2. The van der Waals surface area contributed by atoms with E-state index in [4.69, 9.17) is 5.11 Å². The number of nitrogens with one attached hydrogen (secondary N) is 1. The third-order valence-corrected chi connectivity index (χ3v) is 3.02. The second-order valence-corrected chi connectivity index (χ2v) is 4.79. The van der Waals surface area contributed by atoms with Gasteiger partial charge in [0.2, 0.25) is 5.91 Å². The van der Waals surface area contributed by atoms with Crippen LogP contribution in [0.2, 0.25) is 0 Å². The fourth-order valence-electron chi connectivity index (χ4n) is 1.15. The lowest BCUT2D eigenvalue weighted by molar-refractivity contribution is -0.136. The number of carbonyl (C=O) groups excluding carboxylic acids is 1. The Bertz CT molecular complexity index is 209. The van der Waals surface area contributed by atoms with Gasteiger partial charge in [0.25, 0.3) is 0 Å². The van der Waals surface area contributed by atoms with Gasteiger partial charge in [0.05, 0.1) is 6.42 Å². The third kappa shape index (κ3) is 11.4. The summed E-state index contributed by atoms with van der Waals surface area (Å²) < 4.78 is 0. The molecule has 0 radical (unpaired) electrons. The number of rotatable bonds is 10. The quantitative estimate of drug-likeness (QED) is 0.579. The van der Waals surface area contributed by atoms with Gasteiger partial charge in [0.15, 0.2) is 0 Å². The Kier molecular flexibility index (Phi) is 10.3. The third-order valence-electron chi connectivity index (χ3n) is 2.04. The first-order valence-corrected chi connectivity index (χ1v) is 6.88. The molecule has 1 amide bonds. The first-order valence-electron chi connectivity index (χ1n) is 5.73. The number of thioether (sulfide) groups is 1. The summed E-state index contributed by atoms with van der Waals surface area (Å²) in [6.45, 7) is 2.74. The lowest BCUT2D eigenvalue weighted by atomic mass is 10.2. The molecule has 0 aliphatic rings. The molecule has 4 nitrogen and oxygen atoms in total. The van der Waals surface area contributed by atoms with Crippen molar-refractivity contribution in [2.24, 2.45) is 0 Å². The fraction of sp³-hybridized carbons (Fsp3) is 0.818. The number of carbonyl (C=O) groups is 2. The second kappa shape index (κ2) is 10.8. The standard InChI is InChI=1S/C11H21NO3S/c1-2-3-4-5-10(13)12-7-9-16-8-6-11(14)15/h2-9H2,1H3,(H,12,13)(H,14,15). The molecular weight excluding hydrogens is 226 g/mol. The van der Waals surface area contributed by atoms with Crippen LogP contribution in [0.5, 0.6) is 0 Å². The zero-order valence-corrected chi connectivity index (χ0v) is 10.6. The SMILES string of the molecule is CCCCCC(=O)NCCSCCC(=O)O. The van der Waals surface area contributed by atoms with Gasteiger partial charge >= 0.3 is 5.97 Å². The number of carboxylic acid groups (broad SMARTS) is 1. The van der Waals surface area contributed by atoms with Crippen LogP contribution in [0.25, 0.3) is 0 Å². The molecule has 0 bridgehead atoms. The minimum absolute atomic E-state index is 0.104. The van der Waals surface area contributed by atoms with Crippen LogP contribution in [-0.2, 0) is 9.59 Å². The lowest BCUT2D eigenvalue weighted by Gasteiger charge is -2.04. The van der Waals surface area contributed by atoms with Crippen molar-refractivity contribution in [1.29, 1.82) is 0 Å². The van der Waals surface area contributed by atoms with E-state index >= 15 is 0 Å². The van der Waals surface area contributed by atoms with Crippen molar-refractivity contribution in [2.45, 2.75) is 39.0 Å². The average Bonchev–Trinajstić information content (AvgIpc) is 2.23. The Morgan fingerprint density at radius 3 is 2.56 bits per heavy atom. The van der Waals surface area contributed by atoms with Gasteiger partial charge in [-0.25, -0.2) is 0 Å². The summed E-state index contributed by atoms with van der Waals surface area (Å²) in [5.41, 5.74) is 0. The van der Waals surface area contributed by atoms with Crippen molar-refractivity contribution in [3.8, 4) is 0 Å². The van der Waals surface area contributed by atoms with Crippen LogP contribution in [0.15, 0.2) is 0 Å². The van der Waals surface area contributed by atoms with Crippen LogP contribution in [-0.4, -0.2) is 35.0 Å². The number of carboxylic acids is 1. The number of hydrogen-bond donors (Lipinski definition) is 2. The predicted molar refractivity (Wildman–Crippen MR) is 66.7 cm³/mol. The average molecular weight is 247 g/mol. The Hall–Kier alpha value is -0.710. The Balaban J connectivity index is 3.18. The molecule has 0 atom stereocenters. The van der Waals surface area contributed by atoms with Crippen molar-refractivity contribution in [3.63, 3.8) is 0 Å². The van der Waals surface area contributed by atoms with Gasteiger partial charge in [-0.05, 0) is 6.42 Å². The highest BCUT2D eigenvalue weighted by atomic mass is 32.2. The van der Waals surface area contributed by atoms with Crippen LogP contribution in [0, 0.1) is 0 Å². The maximum atomic E-state index is 11.2. The van der Waals surface area contributed by atoms with Crippen LogP contribution in [0.1, 0.15) is 39.0 Å². The molecule has 0 spiro atoms. The smallest absolute Gasteiger partial charge is 0.304 e. The van der Waals surface area contributed by atoms with E-state index in [2.05, 4.69) is 12.2 Å². The van der Waals surface area contributed by atoms with Crippen LogP contribution < -0.4 is 5.32 Å². The Labute approximate surface area is 101 Å². The second-order valence-electron chi connectivity index (χ2n) is 3.56. The lowest BCUT2D eigenvalue weighted by Crippen LogP contribution is -2.25. The van der Waals surface area contributed by atoms with Gasteiger partial charge < -0.3 is 10.4 Å². The highest BCUT2D eigenvalue weighted by molar-refractivity contribution is 7.99. The monoisotopic (exact) mass is 247 g/mol. The van der Waals surface area contributed by atoms with Crippen molar-refractivity contribution in [3.05, 3.63) is 0 Å². The number of aliphatic carboxylic acids is 1. The maximum absolute atomic E-state index is 11.2. The fourth-order valence-corrected chi connectivity index (χ4v) is 1.92. The molecule has 2 N–H and O–H groups in total. The van der Waals surface area contributed by atoms with E-state index in [-0.39, 0.29) is 12.3 Å². The Morgan fingerprint density at radius 1 is 1.19 bits per heavy atom. The summed E-state index contributed by atoms with van der Waals surface area (Å²) in [6.07, 6.45) is 3.97. The van der Waals surface area contributed by atoms with E-state index in [9.17, 15) is 9.59 Å². The summed E-state index contributed by atoms with van der Waals surface area (Å²) in [4.78, 5) is 21.4. The molecule has 0 saturated carbocycles. The molecule has 5 heteroatoms. The van der Waals surface area contributed by atoms with Crippen molar-refractivity contribution in [2.75, 3.05) is 18.1 Å². The molecule has 0 aromatic rings. The molecule has 94 valence electrons. The topological polar surface area (TPSA) is 66.4 Å². The summed E-state index contributed by atoms with van der Waals surface area (Å²) >= 11 is 1.56. The summed E-state index contributed by atoms with van der Waals surface area (Å²) in [6, 6.07) is 0. The zero-order valence-electron chi connectivity index (χ0n) is 9.83. The molecule has 0 aliphatic heterocycles. The molecule has 0 unspecified atom stereocenters. The molecule has 0 heterocycles. The minimum Gasteiger partial charge on any atom is -0.481 e. The molecule has 16 heavy (non-hydrogen) atoms. The van der Waals surface area contributed by atoms with Crippen molar-refractivity contribution in [1.82, 2.24) is 5.32 Å². The van der Waals surface area contributed by atoms with Crippen molar-refractivity contribution >= 4 is 23.6 Å². The highest BCUT2D eigenvalue weighted by Crippen LogP contribution is 2.01. The van der Waals surface area contributed by atoms with E-state index in [0.717, 1.165) is 25.0 Å². The molecular formula is C11H21NO3S. The van der Waals surface area contributed by atoms with E-state index in [1.807, 2.05) is 0 Å². The first-order chi connectivity index (χ1) is 7.66. The first kappa shape index (κ1) is 15.3. The Morgan fingerprint density at radius 2 is 1.94 bits per heavy atom.